The first-order valence-electron chi connectivity index (χ1n) is 4.91. The van der Waals surface area contributed by atoms with E-state index >= 15 is 0 Å². The molecule has 0 aromatic heterocycles. The highest BCUT2D eigenvalue weighted by Crippen LogP contribution is 2.25. The molecule has 1 aliphatic rings. The summed E-state index contributed by atoms with van der Waals surface area (Å²) in [5.41, 5.74) is 0. The maximum absolute atomic E-state index is 11.4. The summed E-state index contributed by atoms with van der Waals surface area (Å²) in [6, 6.07) is 0. The van der Waals surface area contributed by atoms with Crippen molar-refractivity contribution in [1.82, 2.24) is 5.32 Å². The van der Waals surface area contributed by atoms with Gasteiger partial charge in [0, 0.05) is 6.54 Å². The Morgan fingerprint density at radius 3 is 2.79 bits per heavy atom. The fraction of sp³-hybridized carbons (Fsp3) is 0.800. The largest absolute Gasteiger partial charge is 0.468 e. The molecule has 1 fully saturated rings. The van der Waals surface area contributed by atoms with Crippen LogP contribution < -0.4 is 5.32 Å². The minimum Gasteiger partial charge on any atom is -0.468 e. The fourth-order valence-corrected chi connectivity index (χ4v) is 1.92. The zero-order valence-electron chi connectivity index (χ0n) is 8.87. The summed E-state index contributed by atoms with van der Waals surface area (Å²) in [5, 5.41) is 2.70. The van der Waals surface area contributed by atoms with Gasteiger partial charge in [-0.3, -0.25) is 9.59 Å². The second kappa shape index (κ2) is 4.44. The lowest BCUT2D eigenvalue weighted by Gasteiger charge is -2.16. The maximum atomic E-state index is 11.4. The third kappa shape index (κ3) is 2.25. The quantitative estimate of drug-likeness (QED) is 0.534. The number of methoxy groups -OCH3 is 1. The van der Waals surface area contributed by atoms with Crippen molar-refractivity contribution in [1.29, 1.82) is 0 Å². The van der Waals surface area contributed by atoms with Gasteiger partial charge in [0.15, 0.2) is 0 Å². The van der Waals surface area contributed by atoms with Crippen molar-refractivity contribution in [2.45, 2.75) is 20.3 Å². The van der Waals surface area contributed by atoms with Crippen molar-refractivity contribution in [3.63, 3.8) is 0 Å². The van der Waals surface area contributed by atoms with Crippen molar-refractivity contribution in [3.8, 4) is 0 Å². The van der Waals surface area contributed by atoms with E-state index in [1.165, 1.54) is 7.11 Å². The first-order chi connectivity index (χ1) is 6.56. The summed E-state index contributed by atoms with van der Waals surface area (Å²) in [6.07, 6.45) is 0.874. The van der Waals surface area contributed by atoms with Gasteiger partial charge in [-0.1, -0.05) is 13.8 Å². The number of nitrogens with one attached hydrogen (secondary N) is 1. The molecule has 0 spiro atoms. The molecule has 1 unspecified atom stereocenters. The standard InChI is InChI=1S/C10H17NO3/c1-6(2)4-7-5-11-9(12)8(7)10(13)14-3/h6-8H,4-5H2,1-3H3,(H,11,12)/t7-,8?/m1/s1. The van der Waals surface area contributed by atoms with Crippen LogP contribution in [0.25, 0.3) is 0 Å². The van der Waals surface area contributed by atoms with Crippen molar-refractivity contribution in [3.05, 3.63) is 0 Å². The Balaban J connectivity index is 2.66. The van der Waals surface area contributed by atoms with Crippen LogP contribution in [0.3, 0.4) is 0 Å². The van der Waals surface area contributed by atoms with Crippen molar-refractivity contribution in [2.75, 3.05) is 13.7 Å². The Labute approximate surface area is 84.0 Å². The summed E-state index contributed by atoms with van der Waals surface area (Å²) in [5.74, 6) is -0.620. The van der Waals surface area contributed by atoms with Gasteiger partial charge in [-0.25, -0.2) is 0 Å². The Morgan fingerprint density at radius 2 is 2.29 bits per heavy atom. The fourth-order valence-electron chi connectivity index (χ4n) is 1.92. The molecule has 1 heterocycles. The van der Waals surface area contributed by atoms with Gasteiger partial charge in [-0.2, -0.15) is 0 Å². The van der Waals surface area contributed by atoms with Gasteiger partial charge in [0.1, 0.15) is 5.92 Å². The van der Waals surface area contributed by atoms with Crippen LogP contribution in [0.5, 0.6) is 0 Å². The van der Waals surface area contributed by atoms with E-state index in [-0.39, 0.29) is 11.8 Å². The first-order valence-corrected chi connectivity index (χ1v) is 4.91. The van der Waals surface area contributed by atoms with Gasteiger partial charge in [-0.05, 0) is 18.3 Å². The summed E-state index contributed by atoms with van der Waals surface area (Å²) >= 11 is 0. The van der Waals surface area contributed by atoms with Crippen molar-refractivity contribution < 1.29 is 14.3 Å². The molecular formula is C10H17NO3. The van der Waals surface area contributed by atoms with Gasteiger partial charge in [0.25, 0.3) is 0 Å². The SMILES string of the molecule is COC(=O)C1C(=O)NC[C@H]1CC(C)C. The van der Waals surface area contributed by atoms with Crippen LogP contribution in [0.1, 0.15) is 20.3 Å². The molecule has 4 heteroatoms. The maximum Gasteiger partial charge on any atom is 0.318 e. The minimum absolute atomic E-state index is 0.0925. The Kier molecular flexibility index (Phi) is 3.49. The molecule has 0 aromatic carbocycles. The predicted octanol–water partition coefficient (Wildman–Crippen LogP) is 0.568. The van der Waals surface area contributed by atoms with E-state index in [1.54, 1.807) is 0 Å². The monoisotopic (exact) mass is 199 g/mol. The Morgan fingerprint density at radius 1 is 1.64 bits per heavy atom. The van der Waals surface area contributed by atoms with E-state index in [1.807, 2.05) is 0 Å². The zero-order chi connectivity index (χ0) is 10.7. The number of rotatable bonds is 3. The normalized spacial score (nSPS) is 26.4. The second-order valence-electron chi connectivity index (χ2n) is 4.14. The van der Waals surface area contributed by atoms with Gasteiger partial charge in [0.2, 0.25) is 5.91 Å². The molecule has 0 aromatic rings. The summed E-state index contributed by atoms with van der Waals surface area (Å²) in [4.78, 5) is 22.7. The molecular weight excluding hydrogens is 182 g/mol. The molecule has 4 nitrogen and oxygen atoms in total. The topological polar surface area (TPSA) is 55.4 Å². The predicted molar refractivity (Wildman–Crippen MR) is 51.5 cm³/mol. The van der Waals surface area contributed by atoms with Crippen molar-refractivity contribution in [2.24, 2.45) is 17.8 Å². The van der Waals surface area contributed by atoms with E-state index < -0.39 is 11.9 Å². The number of ether oxygens (including phenoxy) is 1. The van der Waals surface area contributed by atoms with Crippen LogP contribution in [0.15, 0.2) is 0 Å². The molecule has 1 saturated heterocycles. The second-order valence-corrected chi connectivity index (χ2v) is 4.14. The zero-order valence-corrected chi connectivity index (χ0v) is 8.87. The number of hydrogen-bond acceptors (Lipinski definition) is 3. The third-order valence-corrected chi connectivity index (χ3v) is 2.52. The molecule has 1 rings (SSSR count). The average molecular weight is 199 g/mol. The Hall–Kier alpha value is -1.06. The average Bonchev–Trinajstić information content (AvgIpc) is 2.45. The van der Waals surface area contributed by atoms with E-state index in [9.17, 15) is 9.59 Å². The van der Waals surface area contributed by atoms with E-state index in [0.717, 1.165) is 6.42 Å². The minimum atomic E-state index is -0.595. The number of carbonyl (C=O) groups is 2. The molecule has 2 atom stereocenters. The first kappa shape index (κ1) is 11.0. The molecule has 1 aliphatic heterocycles. The third-order valence-electron chi connectivity index (χ3n) is 2.52. The highest BCUT2D eigenvalue weighted by Gasteiger charge is 2.40. The molecule has 0 bridgehead atoms. The van der Waals surface area contributed by atoms with Gasteiger partial charge in [0.05, 0.1) is 7.11 Å². The van der Waals surface area contributed by atoms with Crippen LogP contribution in [0.4, 0.5) is 0 Å². The molecule has 0 aliphatic carbocycles. The highest BCUT2D eigenvalue weighted by molar-refractivity contribution is 5.99. The van der Waals surface area contributed by atoms with E-state index in [0.29, 0.717) is 12.5 Å². The molecule has 80 valence electrons. The molecule has 1 amide bonds. The lowest BCUT2D eigenvalue weighted by Crippen LogP contribution is -2.29. The van der Waals surface area contributed by atoms with Crippen molar-refractivity contribution >= 4 is 11.9 Å². The summed E-state index contributed by atoms with van der Waals surface area (Å²) in [7, 11) is 1.32. The number of esters is 1. The van der Waals surface area contributed by atoms with Gasteiger partial charge >= 0.3 is 5.97 Å². The van der Waals surface area contributed by atoms with Gasteiger partial charge < -0.3 is 10.1 Å². The molecule has 14 heavy (non-hydrogen) atoms. The Bertz CT molecular complexity index is 238. The number of hydrogen-bond donors (Lipinski definition) is 1. The number of amides is 1. The van der Waals surface area contributed by atoms with Crippen LogP contribution >= 0.6 is 0 Å². The summed E-state index contributed by atoms with van der Waals surface area (Å²) < 4.78 is 4.62. The van der Waals surface area contributed by atoms with Crippen LogP contribution in [-0.2, 0) is 14.3 Å². The van der Waals surface area contributed by atoms with Crippen LogP contribution in [-0.4, -0.2) is 25.5 Å². The van der Waals surface area contributed by atoms with E-state index in [4.69, 9.17) is 0 Å². The highest BCUT2D eigenvalue weighted by atomic mass is 16.5. The lowest BCUT2D eigenvalue weighted by molar-refractivity contribution is -0.150. The smallest absolute Gasteiger partial charge is 0.318 e. The molecule has 1 N–H and O–H groups in total. The lowest BCUT2D eigenvalue weighted by atomic mass is 9.88. The van der Waals surface area contributed by atoms with E-state index in [2.05, 4.69) is 23.9 Å². The molecule has 0 saturated carbocycles. The number of carbonyl (C=O) groups excluding carboxylic acids is 2. The van der Waals surface area contributed by atoms with Crippen LogP contribution in [0, 0.1) is 17.8 Å². The summed E-state index contributed by atoms with van der Waals surface area (Å²) in [6.45, 7) is 4.76. The molecule has 0 radical (unpaired) electrons. The van der Waals surface area contributed by atoms with Gasteiger partial charge in [-0.15, -0.1) is 0 Å². The van der Waals surface area contributed by atoms with Crippen LogP contribution in [0.2, 0.25) is 0 Å².